The third kappa shape index (κ3) is 5.11. The van der Waals surface area contributed by atoms with Crippen LogP contribution in [0.5, 0.6) is 0 Å². The molecule has 2 amide bonds. The summed E-state index contributed by atoms with van der Waals surface area (Å²) in [6, 6.07) is -0.171. The highest BCUT2D eigenvalue weighted by atomic mass is 16.5. The normalized spacial score (nSPS) is 42.0. The van der Waals surface area contributed by atoms with Crippen molar-refractivity contribution in [3.8, 4) is 0 Å². The lowest BCUT2D eigenvalue weighted by atomic mass is 9.61. The third-order valence-corrected chi connectivity index (χ3v) is 11.1. The number of hydrogen-bond donors (Lipinski definition) is 3. The van der Waals surface area contributed by atoms with Gasteiger partial charge < -0.3 is 25.2 Å². The molecule has 222 valence electrons. The number of carbonyl (C=O) groups is 3. The van der Waals surface area contributed by atoms with Crippen LogP contribution in [0.25, 0.3) is 0 Å². The van der Waals surface area contributed by atoms with Gasteiger partial charge in [0.05, 0.1) is 23.4 Å². The van der Waals surface area contributed by atoms with Crippen molar-refractivity contribution >= 4 is 17.6 Å². The third-order valence-electron chi connectivity index (χ3n) is 11.1. The van der Waals surface area contributed by atoms with E-state index in [1.54, 1.807) is 44.6 Å². The van der Waals surface area contributed by atoms with Crippen LogP contribution in [-0.4, -0.2) is 61.2 Å². The molecule has 2 heterocycles. The van der Waals surface area contributed by atoms with Gasteiger partial charge in [0.2, 0.25) is 0 Å². The van der Waals surface area contributed by atoms with Crippen molar-refractivity contribution in [3.05, 3.63) is 47.3 Å². The zero-order chi connectivity index (χ0) is 28.7. The average molecular weight is 565 g/mol. The molecule has 10 atom stereocenters. The van der Waals surface area contributed by atoms with Gasteiger partial charge in [-0.2, -0.15) is 0 Å². The molecule has 3 N–H and O–H groups in total. The van der Waals surface area contributed by atoms with Gasteiger partial charge in [-0.3, -0.25) is 14.4 Å². The fourth-order valence-corrected chi connectivity index (χ4v) is 9.21. The number of piperidine rings is 1. The molecular formula is C33H44N2O6. The van der Waals surface area contributed by atoms with E-state index in [1.807, 2.05) is 0 Å². The molecule has 0 bridgehead atoms. The average Bonchev–Trinajstić information content (AvgIpc) is 2.99. The number of aliphatic hydroxyl groups excluding tert-OH is 1. The number of amides is 2. The van der Waals surface area contributed by atoms with Crippen LogP contribution in [0.2, 0.25) is 0 Å². The molecule has 8 heteroatoms. The summed E-state index contributed by atoms with van der Waals surface area (Å²) in [6.07, 6.45) is 18.5. The van der Waals surface area contributed by atoms with Crippen LogP contribution < -0.4 is 10.6 Å². The Morgan fingerprint density at radius 3 is 1.85 bits per heavy atom. The van der Waals surface area contributed by atoms with Crippen molar-refractivity contribution in [1.29, 1.82) is 0 Å². The molecule has 0 aromatic carbocycles. The van der Waals surface area contributed by atoms with Crippen LogP contribution in [0.4, 0.5) is 0 Å². The first-order valence-electron chi connectivity index (χ1n) is 15.6. The smallest absolute Gasteiger partial charge is 0.255 e. The number of Topliss-reactive ketones (excluding diaryl/α,β-unsaturated/α-hetero) is 1. The molecule has 2 aliphatic heterocycles. The van der Waals surface area contributed by atoms with Gasteiger partial charge in [-0.05, 0) is 74.3 Å². The lowest BCUT2D eigenvalue weighted by molar-refractivity contribution is -0.138. The standard InChI is InChI=1S/C33H44N2O6/c1-40-26-16-24-28(20-12-8-6-10-18(20)26)34-32(38)22(30(24)36)14-4-3-5-15-23-31(37)25-17-27(41-2)19-11-7-9-13-21(19)29(25)35-33(23)39/h3-5,14-15,18-21,24-29,36H,6-13,16-17H2,1-2H3,(H,34,38)(H,35,39)/b5-3?,14-4?,23-15-. The Morgan fingerprint density at radius 1 is 0.707 bits per heavy atom. The first-order chi connectivity index (χ1) is 19.9. The number of allylic oxidation sites excluding steroid dienone is 4. The van der Waals surface area contributed by atoms with Crippen LogP contribution in [0.1, 0.15) is 64.2 Å². The molecule has 5 fully saturated rings. The maximum absolute atomic E-state index is 13.4. The molecule has 0 aromatic heterocycles. The van der Waals surface area contributed by atoms with E-state index >= 15 is 0 Å². The Bertz CT molecular complexity index is 1190. The number of rotatable bonds is 5. The fraction of sp³-hybridized carbons (Fsp3) is 0.667. The summed E-state index contributed by atoms with van der Waals surface area (Å²) in [5.74, 6) is 0.461. The zero-order valence-corrected chi connectivity index (χ0v) is 24.2. The van der Waals surface area contributed by atoms with Gasteiger partial charge in [-0.15, -0.1) is 0 Å². The van der Waals surface area contributed by atoms with Crippen molar-refractivity contribution < 1.29 is 29.0 Å². The molecule has 41 heavy (non-hydrogen) atoms. The highest BCUT2D eigenvalue weighted by Gasteiger charge is 2.52. The van der Waals surface area contributed by atoms with E-state index in [9.17, 15) is 19.5 Å². The Kier molecular flexibility index (Phi) is 8.23. The summed E-state index contributed by atoms with van der Waals surface area (Å²) < 4.78 is 11.6. The number of nitrogens with one attached hydrogen (secondary N) is 2. The molecule has 8 nitrogen and oxygen atoms in total. The largest absolute Gasteiger partial charge is 0.511 e. The summed E-state index contributed by atoms with van der Waals surface area (Å²) >= 11 is 0. The van der Waals surface area contributed by atoms with Crippen LogP contribution in [-0.2, 0) is 23.9 Å². The summed E-state index contributed by atoms with van der Waals surface area (Å²) in [5.41, 5.74) is 0.423. The van der Waals surface area contributed by atoms with Crippen molar-refractivity contribution in [2.24, 2.45) is 35.5 Å². The SMILES string of the molecule is COC1CC2C(=O)/C(=C/C=CC=CC3=C(O)C4CC(OC)C5CCCCC5C4NC3=O)C(=O)NC2C2CCCCC12. The van der Waals surface area contributed by atoms with E-state index < -0.39 is 0 Å². The number of fused-ring (bicyclic) bond motifs is 6. The molecule has 10 unspecified atom stereocenters. The topological polar surface area (TPSA) is 114 Å². The van der Waals surface area contributed by atoms with E-state index in [1.165, 1.54) is 12.8 Å². The summed E-state index contributed by atoms with van der Waals surface area (Å²) in [5, 5.41) is 17.5. The summed E-state index contributed by atoms with van der Waals surface area (Å²) in [6.45, 7) is 0. The molecule has 4 aliphatic carbocycles. The number of ether oxygens (including phenoxy) is 2. The number of aliphatic hydroxyl groups is 1. The van der Waals surface area contributed by atoms with Gasteiger partial charge in [0.15, 0.2) is 5.78 Å². The molecule has 0 radical (unpaired) electrons. The van der Waals surface area contributed by atoms with E-state index in [0.717, 1.165) is 38.5 Å². The Labute approximate surface area is 242 Å². The number of carbonyl (C=O) groups excluding carboxylic acids is 3. The minimum Gasteiger partial charge on any atom is -0.511 e. The molecule has 1 saturated heterocycles. The van der Waals surface area contributed by atoms with E-state index in [0.29, 0.717) is 30.6 Å². The quantitative estimate of drug-likeness (QED) is 0.263. The number of hydrogen-bond acceptors (Lipinski definition) is 6. The van der Waals surface area contributed by atoms with Gasteiger partial charge >= 0.3 is 0 Å². The lowest BCUT2D eigenvalue weighted by Crippen LogP contribution is -2.61. The Morgan fingerprint density at radius 2 is 1.24 bits per heavy atom. The Hall–Kier alpha value is -2.71. The van der Waals surface area contributed by atoms with Gasteiger partial charge in [-0.1, -0.05) is 43.9 Å². The van der Waals surface area contributed by atoms with Crippen LogP contribution in [0, 0.1) is 35.5 Å². The van der Waals surface area contributed by atoms with E-state index in [-0.39, 0.29) is 76.5 Å². The highest BCUT2D eigenvalue weighted by molar-refractivity contribution is 6.22. The van der Waals surface area contributed by atoms with E-state index in [4.69, 9.17) is 9.47 Å². The molecule has 6 aliphatic rings. The predicted molar refractivity (Wildman–Crippen MR) is 154 cm³/mol. The number of methoxy groups -OCH3 is 2. The van der Waals surface area contributed by atoms with Crippen molar-refractivity contribution in [2.45, 2.75) is 88.5 Å². The minimum atomic E-state index is -0.311. The first-order valence-corrected chi connectivity index (χ1v) is 15.6. The number of ketones is 1. The molecule has 0 spiro atoms. The second-order valence-corrected chi connectivity index (χ2v) is 12.9. The van der Waals surface area contributed by atoms with Gasteiger partial charge in [-0.25, -0.2) is 0 Å². The van der Waals surface area contributed by atoms with Gasteiger partial charge in [0, 0.05) is 38.1 Å². The van der Waals surface area contributed by atoms with Crippen molar-refractivity contribution in [3.63, 3.8) is 0 Å². The Balaban J connectivity index is 1.15. The predicted octanol–water partition coefficient (Wildman–Crippen LogP) is 4.09. The van der Waals surface area contributed by atoms with Crippen molar-refractivity contribution in [2.75, 3.05) is 14.2 Å². The fourth-order valence-electron chi connectivity index (χ4n) is 9.21. The molecule has 0 aromatic rings. The van der Waals surface area contributed by atoms with Crippen LogP contribution >= 0.6 is 0 Å². The molecule has 4 saturated carbocycles. The highest BCUT2D eigenvalue weighted by Crippen LogP contribution is 2.48. The van der Waals surface area contributed by atoms with Gasteiger partial charge in [0.1, 0.15) is 5.76 Å². The first kappa shape index (κ1) is 28.4. The van der Waals surface area contributed by atoms with Crippen molar-refractivity contribution in [1.82, 2.24) is 10.6 Å². The second-order valence-electron chi connectivity index (χ2n) is 12.9. The maximum Gasteiger partial charge on any atom is 0.255 e. The molecule has 6 rings (SSSR count). The lowest BCUT2D eigenvalue weighted by Gasteiger charge is -2.50. The summed E-state index contributed by atoms with van der Waals surface area (Å²) in [7, 11) is 3.47. The second kappa shape index (κ2) is 11.9. The maximum atomic E-state index is 13.4. The zero-order valence-electron chi connectivity index (χ0n) is 24.2. The van der Waals surface area contributed by atoms with E-state index in [2.05, 4.69) is 10.6 Å². The van der Waals surface area contributed by atoms with Crippen LogP contribution in [0.15, 0.2) is 47.3 Å². The minimum absolute atomic E-state index is 0.0507. The monoisotopic (exact) mass is 564 g/mol. The van der Waals surface area contributed by atoms with Crippen LogP contribution in [0.3, 0.4) is 0 Å². The summed E-state index contributed by atoms with van der Waals surface area (Å²) in [4.78, 5) is 39.4. The molecular weight excluding hydrogens is 520 g/mol. The van der Waals surface area contributed by atoms with Gasteiger partial charge in [0.25, 0.3) is 11.8 Å².